The van der Waals surface area contributed by atoms with Gasteiger partial charge in [-0.25, -0.2) is 8.42 Å². The van der Waals surface area contributed by atoms with Gasteiger partial charge in [0.05, 0.1) is 7.11 Å². The molecular weight excluding hydrogens is 286 g/mol. The molecule has 0 atom stereocenters. The number of sulfonamides is 1. The van der Waals surface area contributed by atoms with Crippen LogP contribution < -0.4 is 4.74 Å². The van der Waals surface area contributed by atoms with Crippen LogP contribution in [-0.4, -0.2) is 32.9 Å². The minimum absolute atomic E-state index is 0.288. The zero-order valence-corrected chi connectivity index (χ0v) is 13.9. The Labute approximate surface area is 128 Å². The third-order valence-electron chi connectivity index (χ3n) is 4.04. The molecule has 5 heteroatoms. The van der Waals surface area contributed by atoms with E-state index < -0.39 is 10.0 Å². The molecule has 0 aliphatic carbocycles. The van der Waals surface area contributed by atoms with E-state index in [1.807, 2.05) is 12.1 Å². The Morgan fingerprint density at radius 3 is 2.24 bits per heavy atom. The smallest absolute Gasteiger partial charge is 0.246 e. The molecule has 1 aliphatic heterocycles. The summed E-state index contributed by atoms with van der Waals surface area (Å²) >= 11 is 0. The molecule has 0 amide bonds. The minimum Gasteiger partial charge on any atom is -0.495 e. The summed E-state index contributed by atoms with van der Waals surface area (Å²) in [6.07, 6.45) is 4.09. The molecule has 1 aromatic carbocycles. The second-order valence-electron chi connectivity index (χ2n) is 5.88. The van der Waals surface area contributed by atoms with Crippen molar-refractivity contribution in [2.24, 2.45) is 0 Å². The molecular formula is C16H25NO3S. The number of benzene rings is 1. The van der Waals surface area contributed by atoms with Gasteiger partial charge >= 0.3 is 0 Å². The Bertz CT molecular complexity index is 573. The summed E-state index contributed by atoms with van der Waals surface area (Å²) in [6.45, 7) is 5.38. The third-order valence-corrected chi connectivity index (χ3v) is 5.98. The predicted octanol–water partition coefficient (Wildman–Crippen LogP) is 3.38. The summed E-state index contributed by atoms with van der Waals surface area (Å²) in [6, 6.07) is 5.42. The molecule has 0 radical (unpaired) electrons. The van der Waals surface area contributed by atoms with Gasteiger partial charge in [-0.3, -0.25) is 0 Å². The van der Waals surface area contributed by atoms with Crippen LogP contribution in [0.4, 0.5) is 0 Å². The fourth-order valence-corrected chi connectivity index (χ4v) is 4.33. The van der Waals surface area contributed by atoms with Crippen LogP contribution in [0.15, 0.2) is 23.1 Å². The fraction of sp³-hybridized carbons (Fsp3) is 0.625. The monoisotopic (exact) mass is 311 g/mol. The molecule has 0 aromatic heterocycles. The van der Waals surface area contributed by atoms with Crippen molar-refractivity contribution < 1.29 is 13.2 Å². The van der Waals surface area contributed by atoms with Crippen LogP contribution in [0.2, 0.25) is 0 Å². The van der Waals surface area contributed by atoms with Gasteiger partial charge in [-0.05, 0) is 36.5 Å². The molecule has 0 N–H and O–H groups in total. The van der Waals surface area contributed by atoms with E-state index in [0.29, 0.717) is 24.8 Å². The van der Waals surface area contributed by atoms with Crippen LogP contribution in [0, 0.1) is 0 Å². The van der Waals surface area contributed by atoms with Crippen molar-refractivity contribution >= 4 is 10.0 Å². The fourth-order valence-electron chi connectivity index (χ4n) is 2.68. The summed E-state index contributed by atoms with van der Waals surface area (Å²) in [4.78, 5) is 0.288. The zero-order chi connectivity index (χ0) is 15.5. The maximum absolute atomic E-state index is 12.8. The van der Waals surface area contributed by atoms with Gasteiger partial charge in [0.2, 0.25) is 10.0 Å². The second kappa shape index (κ2) is 6.79. The molecule has 1 aromatic rings. The van der Waals surface area contributed by atoms with Crippen molar-refractivity contribution in [1.29, 1.82) is 0 Å². The maximum atomic E-state index is 12.8. The van der Waals surface area contributed by atoms with Gasteiger partial charge in [0.25, 0.3) is 0 Å². The lowest BCUT2D eigenvalue weighted by molar-refractivity contribution is 0.391. The third kappa shape index (κ3) is 3.58. The molecule has 1 heterocycles. The highest BCUT2D eigenvalue weighted by atomic mass is 32.2. The molecule has 1 saturated heterocycles. The Balaban J connectivity index is 2.38. The molecule has 1 aliphatic rings. The number of methoxy groups -OCH3 is 1. The Kier molecular flexibility index (Phi) is 5.27. The van der Waals surface area contributed by atoms with Crippen molar-refractivity contribution in [3.63, 3.8) is 0 Å². The molecule has 118 valence electrons. The minimum atomic E-state index is -3.46. The van der Waals surface area contributed by atoms with Gasteiger partial charge in [0.15, 0.2) is 0 Å². The largest absolute Gasteiger partial charge is 0.495 e. The maximum Gasteiger partial charge on any atom is 0.246 e. The first-order valence-electron chi connectivity index (χ1n) is 7.65. The van der Waals surface area contributed by atoms with Gasteiger partial charge in [-0.15, -0.1) is 0 Å². The average molecular weight is 311 g/mol. The Hall–Kier alpha value is -1.07. The van der Waals surface area contributed by atoms with Crippen molar-refractivity contribution in [1.82, 2.24) is 4.31 Å². The number of ether oxygens (including phenoxy) is 1. The van der Waals surface area contributed by atoms with Gasteiger partial charge in [-0.2, -0.15) is 4.31 Å². The van der Waals surface area contributed by atoms with Crippen molar-refractivity contribution in [2.75, 3.05) is 20.2 Å². The highest BCUT2D eigenvalue weighted by Crippen LogP contribution is 2.31. The van der Waals surface area contributed by atoms with E-state index in [1.54, 1.807) is 10.4 Å². The highest BCUT2D eigenvalue weighted by Gasteiger charge is 2.28. The normalized spacial score (nSPS) is 17.7. The number of rotatable bonds is 4. The van der Waals surface area contributed by atoms with E-state index >= 15 is 0 Å². The molecule has 2 rings (SSSR count). The lowest BCUT2D eigenvalue weighted by Crippen LogP contribution is -2.32. The van der Waals surface area contributed by atoms with E-state index in [4.69, 9.17) is 4.74 Å². The molecule has 1 fully saturated rings. The van der Waals surface area contributed by atoms with E-state index in [9.17, 15) is 8.42 Å². The molecule has 0 unspecified atom stereocenters. The molecule has 0 spiro atoms. The van der Waals surface area contributed by atoms with Gasteiger partial charge < -0.3 is 4.74 Å². The van der Waals surface area contributed by atoms with Crippen molar-refractivity contribution in [3.8, 4) is 5.75 Å². The average Bonchev–Trinajstić information content (AvgIpc) is 2.76. The summed E-state index contributed by atoms with van der Waals surface area (Å²) in [7, 11) is -1.93. The van der Waals surface area contributed by atoms with Crippen LogP contribution in [0.5, 0.6) is 5.75 Å². The first-order chi connectivity index (χ1) is 9.96. The van der Waals surface area contributed by atoms with Crippen LogP contribution in [0.25, 0.3) is 0 Å². The van der Waals surface area contributed by atoms with Crippen molar-refractivity contribution in [3.05, 3.63) is 23.8 Å². The summed E-state index contributed by atoms with van der Waals surface area (Å²) in [5.74, 6) is 0.791. The topological polar surface area (TPSA) is 46.6 Å². The van der Waals surface area contributed by atoms with Crippen LogP contribution >= 0.6 is 0 Å². The van der Waals surface area contributed by atoms with E-state index in [0.717, 1.165) is 31.2 Å². The van der Waals surface area contributed by atoms with E-state index in [2.05, 4.69) is 13.8 Å². The lowest BCUT2D eigenvalue weighted by Gasteiger charge is -2.22. The molecule has 21 heavy (non-hydrogen) atoms. The number of hydrogen-bond donors (Lipinski definition) is 0. The summed E-state index contributed by atoms with van der Waals surface area (Å²) in [5, 5.41) is 0. The van der Waals surface area contributed by atoms with Gasteiger partial charge in [0, 0.05) is 13.1 Å². The van der Waals surface area contributed by atoms with E-state index in [-0.39, 0.29) is 4.90 Å². The Morgan fingerprint density at radius 1 is 1.10 bits per heavy atom. The first-order valence-corrected chi connectivity index (χ1v) is 9.09. The number of hydrogen-bond acceptors (Lipinski definition) is 3. The quantitative estimate of drug-likeness (QED) is 0.856. The predicted molar refractivity (Wildman–Crippen MR) is 84.3 cm³/mol. The zero-order valence-electron chi connectivity index (χ0n) is 13.1. The standard InChI is InChI=1S/C16H25NO3S/c1-13(2)14-8-9-16(15(12-14)20-3)21(18,19)17-10-6-4-5-7-11-17/h8-9,12-13H,4-7,10-11H2,1-3H3. The van der Waals surface area contributed by atoms with Crippen LogP contribution in [0.3, 0.4) is 0 Å². The highest BCUT2D eigenvalue weighted by molar-refractivity contribution is 7.89. The second-order valence-corrected chi connectivity index (χ2v) is 7.79. The van der Waals surface area contributed by atoms with Gasteiger partial charge in [-0.1, -0.05) is 32.8 Å². The van der Waals surface area contributed by atoms with E-state index in [1.165, 1.54) is 7.11 Å². The summed E-state index contributed by atoms with van der Waals surface area (Å²) in [5.41, 5.74) is 1.08. The molecule has 0 saturated carbocycles. The van der Waals surface area contributed by atoms with Crippen LogP contribution in [-0.2, 0) is 10.0 Å². The lowest BCUT2D eigenvalue weighted by atomic mass is 10.0. The van der Waals surface area contributed by atoms with Gasteiger partial charge in [0.1, 0.15) is 10.6 Å². The Morgan fingerprint density at radius 2 is 1.71 bits per heavy atom. The summed E-state index contributed by atoms with van der Waals surface area (Å²) < 4.78 is 32.6. The number of nitrogens with zero attached hydrogens (tertiary/aromatic N) is 1. The first kappa shape index (κ1) is 16.3. The molecule has 4 nitrogen and oxygen atoms in total. The van der Waals surface area contributed by atoms with Crippen molar-refractivity contribution in [2.45, 2.75) is 50.3 Å². The SMILES string of the molecule is COc1cc(C(C)C)ccc1S(=O)(=O)N1CCCCCC1. The van der Waals surface area contributed by atoms with Crippen LogP contribution in [0.1, 0.15) is 51.0 Å². The molecule has 0 bridgehead atoms.